The highest BCUT2D eigenvalue weighted by Gasteiger charge is 2.36. The molecule has 2 amide bonds. The molecule has 0 aliphatic carbocycles. The molecule has 5 aromatic rings. The number of anilines is 4. The van der Waals surface area contributed by atoms with E-state index in [1.807, 2.05) is 53.4 Å². The van der Waals surface area contributed by atoms with Crippen LogP contribution in [-0.2, 0) is 19.6 Å². The summed E-state index contributed by atoms with van der Waals surface area (Å²) in [4.78, 5) is 37.2. The molecular weight excluding hydrogens is 747 g/mol. The Morgan fingerprint density at radius 3 is 2.40 bits per heavy atom. The maximum atomic E-state index is 15.6. The summed E-state index contributed by atoms with van der Waals surface area (Å²) in [7, 11) is -3.90. The number of hydrogen-bond donors (Lipinski definition) is 1. The first-order valence-electron chi connectivity index (χ1n) is 17.5. The highest BCUT2D eigenvalue weighted by molar-refractivity contribution is 7.90. The lowest BCUT2D eigenvalue weighted by atomic mass is 10.2. The van der Waals surface area contributed by atoms with Crippen molar-refractivity contribution < 1.29 is 31.6 Å². The molecule has 12 nitrogen and oxygen atoms in total. The normalized spacial score (nSPS) is 18.8. The number of guanidine groups is 1. The van der Waals surface area contributed by atoms with Gasteiger partial charge in [-0.25, -0.2) is 27.3 Å². The van der Waals surface area contributed by atoms with Gasteiger partial charge in [0.25, 0.3) is 10.0 Å². The second-order valence-corrected chi connectivity index (χ2v) is 15.1. The second-order valence-electron chi connectivity index (χ2n) is 13.0. The van der Waals surface area contributed by atoms with Gasteiger partial charge in [0.05, 0.1) is 30.2 Å². The molecule has 0 saturated carbocycles. The number of piperazine rings is 1. The first-order valence-corrected chi connectivity index (χ1v) is 19.4. The molecule has 8 rings (SSSR count). The number of hydrogen-bond acceptors (Lipinski definition) is 8. The van der Waals surface area contributed by atoms with Crippen LogP contribution in [0.15, 0.2) is 130 Å². The van der Waals surface area contributed by atoms with Crippen molar-refractivity contribution in [1.82, 2.24) is 9.62 Å². The van der Waals surface area contributed by atoms with E-state index in [1.165, 1.54) is 23.1 Å². The number of aliphatic imine (C=N–C) groups is 1. The molecule has 1 unspecified atom stereocenters. The van der Waals surface area contributed by atoms with Crippen LogP contribution >= 0.6 is 11.6 Å². The molecule has 4 heterocycles. The number of benzene rings is 4. The lowest BCUT2D eigenvalue weighted by Gasteiger charge is -2.36. The highest BCUT2D eigenvalue weighted by Crippen LogP contribution is 2.35. The van der Waals surface area contributed by atoms with Gasteiger partial charge in [0, 0.05) is 48.5 Å². The van der Waals surface area contributed by atoms with E-state index in [9.17, 15) is 18.0 Å². The molecule has 1 N–H and O–H groups in total. The number of ether oxygens (including phenoxy) is 1. The molecule has 0 radical (unpaired) electrons. The number of fused-ring (bicyclic) bond motifs is 1. The molecule has 0 spiro atoms. The molecular formula is C40H34ClFN6O6S. The summed E-state index contributed by atoms with van der Waals surface area (Å²) in [6, 6.07) is 31.3. The van der Waals surface area contributed by atoms with E-state index in [4.69, 9.17) is 20.8 Å². The molecule has 2 saturated heterocycles. The molecule has 3 aliphatic rings. The zero-order chi connectivity index (χ0) is 38.1. The third-order valence-electron chi connectivity index (χ3n) is 9.49. The van der Waals surface area contributed by atoms with Gasteiger partial charge >= 0.3 is 6.09 Å². The summed E-state index contributed by atoms with van der Waals surface area (Å²) < 4.78 is 55.8. The Balaban J connectivity index is 0.886. The number of carbonyl (C=O) groups is 2. The fourth-order valence-electron chi connectivity index (χ4n) is 6.72. The Kier molecular flexibility index (Phi) is 9.76. The van der Waals surface area contributed by atoms with Crippen molar-refractivity contribution in [1.29, 1.82) is 0 Å². The minimum absolute atomic E-state index is 0.0453. The molecule has 15 heteroatoms. The van der Waals surface area contributed by atoms with Gasteiger partial charge in [0.2, 0.25) is 11.9 Å². The minimum atomic E-state index is -3.90. The van der Waals surface area contributed by atoms with Crippen molar-refractivity contribution in [2.24, 2.45) is 4.99 Å². The summed E-state index contributed by atoms with van der Waals surface area (Å²) in [6.07, 6.45) is 1.71. The fraction of sp³-hybridized carbons (Fsp3) is 0.175. The second kappa shape index (κ2) is 15.0. The monoisotopic (exact) mass is 780 g/mol. The van der Waals surface area contributed by atoms with Crippen molar-refractivity contribution in [3.05, 3.63) is 132 Å². The van der Waals surface area contributed by atoms with E-state index >= 15 is 4.39 Å². The Bertz CT molecular complexity index is 2420. The number of carbonyl (C=O) groups excluding carboxylic acids is 2. The van der Waals surface area contributed by atoms with Gasteiger partial charge in [-0.05, 0) is 84.9 Å². The number of rotatable bonds is 8. The predicted molar refractivity (Wildman–Crippen MR) is 209 cm³/mol. The highest BCUT2D eigenvalue weighted by atomic mass is 35.5. The Labute approximate surface area is 321 Å². The SMILES string of the molecule is O=C(/C=C/c1ccc(-c2ccc(Cl)cc2)o1)N1CCN(c2ccc(N3CC(CN=C4NS(=O)(=O)c5ccccc5N4c4ccccc4)OC3=O)cc2F)CC1. The van der Waals surface area contributed by atoms with Gasteiger partial charge in [-0.1, -0.05) is 41.9 Å². The van der Waals surface area contributed by atoms with Gasteiger partial charge in [-0.3, -0.25) is 14.6 Å². The molecule has 55 heavy (non-hydrogen) atoms. The largest absolute Gasteiger partial charge is 0.457 e. The van der Waals surface area contributed by atoms with E-state index < -0.39 is 28.0 Å². The zero-order valence-electron chi connectivity index (χ0n) is 29.2. The third-order valence-corrected chi connectivity index (χ3v) is 11.1. The van der Waals surface area contributed by atoms with Crippen LogP contribution in [0, 0.1) is 5.82 Å². The average molecular weight is 781 g/mol. The van der Waals surface area contributed by atoms with E-state index in [2.05, 4.69) is 9.71 Å². The first kappa shape index (κ1) is 35.9. The molecule has 1 atom stereocenters. The Morgan fingerprint density at radius 1 is 0.891 bits per heavy atom. The summed E-state index contributed by atoms with van der Waals surface area (Å²) in [5.74, 6) is 0.574. The number of sulfonamides is 1. The standard InChI is InChI=1S/C40H34ClFN6O6S/c41-28-12-10-27(11-13-28)36-18-15-31(53-36)16-19-38(49)46-22-20-45(21-23-46)34-17-14-30(24-33(34)42)47-26-32(54-40(47)50)25-43-39-44-55(51,52)37-9-5-4-8-35(37)48(39)29-6-2-1-3-7-29/h1-19,24,32H,20-23,25-26H2,(H,43,44)/b19-16+. The maximum absolute atomic E-state index is 15.6. The van der Waals surface area contributed by atoms with Crippen molar-refractivity contribution in [2.45, 2.75) is 11.0 Å². The Hall–Kier alpha value is -6.12. The molecule has 2 fully saturated rings. The number of halogens is 2. The van der Waals surface area contributed by atoms with Crippen molar-refractivity contribution >= 4 is 68.4 Å². The van der Waals surface area contributed by atoms with Gasteiger partial charge in [0.1, 0.15) is 28.3 Å². The number of furan rings is 1. The number of cyclic esters (lactones) is 1. The van der Waals surface area contributed by atoms with Crippen LogP contribution in [-0.4, -0.2) is 76.7 Å². The predicted octanol–water partition coefficient (Wildman–Crippen LogP) is 6.91. The first-order chi connectivity index (χ1) is 26.6. The van der Waals surface area contributed by atoms with Gasteiger partial charge in [0.15, 0.2) is 0 Å². The van der Waals surface area contributed by atoms with Crippen LogP contribution < -0.4 is 19.4 Å². The molecule has 280 valence electrons. The van der Waals surface area contributed by atoms with Crippen LogP contribution in [0.4, 0.5) is 31.9 Å². The quantitative estimate of drug-likeness (QED) is 0.168. The van der Waals surface area contributed by atoms with Crippen molar-refractivity contribution in [3.8, 4) is 11.3 Å². The summed E-state index contributed by atoms with van der Waals surface area (Å²) >= 11 is 5.97. The number of nitrogens with one attached hydrogen (secondary N) is 1. The zero-order valence-corrected chi connectivity index (χ0v) is 30.8. The maximum Gasteiger partial charge on any atom is 0.414 e. The smallest absolute Gasteiger partial charge is 0.414 e. The van der Waals surface area contributed by atoms with E-state index in [0.29, 0.717) is 65.5 Å². The number of amides is 2. The number of nitrogens with zero attached hydrogens (tertiary/aromatic N) is 5. The van der Waals surface area contributed by atoms with Crippen molar-refractivity contribution in [2.75, 3.05) is 54.0 Å². The van der Waals surface area contributed by atoms with Gasteiger partial charge < -0.3 is 19.0 Å². The summed E-state index contributed by atoms with van der Waals surface area (Å²) in [5, 5.41) is 0.631. The average Bonchev–Trinajstić information content (AvgIpc) is 3.83. The summed E-state index contributed by atoms with van der Waals surface area (Å²) in [6.45, 7) is 1.66. The van der Waals surface area contributed by atoms with E-state index in [1.54, 1.807) is 64.4 Å². The topological polar surface area (TPSA) is 128 Å². The summed E-state index contributed by atoms with van der Waals surface area (Å²) in [5.41, 5.74) is 2.68. The van der Waals surface area contributed by atoms with Gasteiger partial charge in [-0.15, -0.1) is 0 Å². The van der Waals surface area contributed by atoms with Crippen LogP contribution in [0.3, 0.4) is 0 Å². The minimum Gasteiger partial charge on any atom is -0.457 e. The fourth-order valence-corrected chi connectivity index (χ4v) is 8.04. The molecule has 1 aromatic heterocycles. The Morgan fingerprint density at radius 2 is 1.64 bits per heavy atom. The van der Waals surface area contributed by atoms with Crippen molar-refractivity contribution in [3.63, 3.8) is 0 Å². The molecule has 4 aromatic carbocycles. The van der Waals surface area contributed by atoms with E-state index in [-0.39, 0.29) is 29.9 Å². The van der Waals surface area contributed by atoms with Crippen LogP contribution in [0.25, 0.3) is 17.4 Å². The lowest BCUT2D eigenvalue weighted by Crippen LogP contribution is -2.48. The van der Waals surface area contributed by atoms with Gasteiger partial charge in [-0.2, -0.15) is 0 Å². The van der Waals surface area contributed by atoms with Crippen LogP contribution in [0.1, 0.15) is 5.76 Å². The molecule has 3 aliphatic heterocycles. The molecule has 0 bridgehead atoms. The van der Waals surface area contributed by atoms with Crippen LogP contribution in [0.2, 0.25) is 5.02 Å². The lowest BCUT2D eigenvalue weighted by molar-refractivity contribution is -0.126. The van der Waals surface area contributed by atoms with E-state index in [0.717, 1.165) is 5.56 Å². The number of para-hydroxylation sites is 2. The van der Waals surface area contributed by atoms with Crippen LogP contribution in [0.5, 0.6) is 0 Å². The third kappa shape index (κ3) is 7.51.